The molecule has 2 nitrogen and oxygen atoms in total. The Bertz CT molecular complexity index is 795. The van der Waals surface area contributed by atoms with Gasteiger partial charge in [0.15, 0.2) is 0 Å². The number of carbonyl (C=O) groups is 1. The first-order valence-electron chi connectivity index (χ1n) is 13.9. The van der Waals surface area contributed by atoms with Crippen LogP contribution in [0.5, 0.6) is 0 Å². The van der Waals surface area contributed by atoms with E-state index in [-0.39, 0.29) is 12.1 Å². The van der Waals surface area contributed by atoms with E-state index in [9.17, 15) is 4.79 Å². The molecule has 0 unspecified atom stereocenters. The molecule has 5 saturated carbocycles. The molecule has 0 aromatic rings. The molecule has 2 spiro atoms. The standard InChI is InChI=1S/C30H48O2/c1-20(2)8-7-9-21(3)25-13-14-28(6)26-11-10-23-18-24(32-22(4)31)12-15-29(23)19-30(26,29)17-16-27(25,28)5/h8,21,23-26H,7,9-19H2,1-6H3/t21-,23+,24+,25-,26+,27-,28+,29-,30-/m1/s1. The van der Waals surface area contributed by atoms with Gasteiger partial charge in [-0.25, -0.2) is 0 Å². The molecule has 2 heteroatoms. The third-order valence-corrected chi connectivity index (χ3v) is 12.4. The van der Waals surface area contributed by atoms with Crippen molar-refractivity contribution in [1.29, 1.82) is 0 Å². The van der Waals surface area contributed by atoms with E-state index >= 15 is 0 Å². The van der Waals surface area contributed by atoms with Gasteiger partial charge in [0.05, 0.1) is 0 Å². The summed E-state index contributed by atoms with van der Waals surface area (Å²) in [5.41, 5.74) is 3.76. The summed E-state index contributed by atoms with van der Waals surface area (Å²) in [6, 6.07) is 0. The second kappa shape index (κ2) is 7.61. The average Bonchev–Trinajstić information content (AvgIpc) is 3.29. The number of fused-ring (bicyclic) bond motifs is 2. The predicted molar refractivity (Wildman–Crippen MR) is 131 cm³/mol. The van der Waals surface area contributed by atoms with Gasteiger partial charge in [-0.2, -0.15) is 0 Å². The maximum Gasteiger partial charge on any atom is 0.302 e. The van der Waals surface area contributed by atoms with Crippen LogP contribution in [-0.4, -0.2) is 12.1 Å². The summed E-state index contributed by atoms with van der Waals surface area (Å²) in [4.78, 5) is 11.6. The van der Waals surface area contributed by atoms with Crippen molar-refractivity contribution in [2.45, 2.75) is 125 Å². The Kier molecular flexibility index (Phi) is 5.46. The minimum absolute atomic E-state index is 0.0817. The quantitative estimate of drug-likeness (QED) is 0.319. The van der Waals surface area contributed by atoms with Gasteiger partial charge in [0.1, 0.15) is 6.10 Å². The van der Waals surface area contributed by atoms with Gasteiger partial charge in [-0.1, -0.05) is 32.4 Å². The number of rotatable bonds is 5. The Hall–Kier alpha value is -0.790. The molecule has 0 N–H and O–H groups in total. The highest BCUT2D eigenvalue weighted by Gasteiger charge is 2.80. The Morgan fingerprint density at radius 2 is 1.75 bits per heavy atom. The van der Waals surface area contributed by atoms with Crippen LogP contribution in [0.4, 0.5) is 0 Å². The van der Waals surface area contributed by atoms with E-state index in [2.05, 4.69) is 40.7 Å². The Morgan fingerprint density at radius 3 is 2.47 bits per heavy atom. The second-order valence-electron chi connectivity index (χ2n) is 13.6. The SMILES string of the molecule is CC(=O)O[C@H]1CC[C@]23C[C@@]24CC[C@]2(C)[C@@H]([C@H](C)CCC=C(C)C)CC[C@@]2(C)[C@@H]4CC[C@H]3C1. The fraction of sp³-hybridized carbons (Fsp3) is 0.900. The first kappa shape index (κ1) is 23.0. The molecule has 0 aromatic carbocycles. The molecule has 0 aliphatic heterocycles. The van der Waals surface area contributed by atoms with Gasteiger partial charge in [0.2, 0.25) is 0 Å². The highest BCUT2D eigenvalue weighted by Crippen LogP contribution is 2.87. The van der Waals surface area contributed by atoms with Crippen molar-refractivity contribution in [2.24, 2.45) is 45.3 Å². The van der Waals surface area contributed by atoms with E-state index in [0.717, 1.165) is 36.5 Å². The zero-order valence-corrected chi connectivity index (χ0v) is 21.8. The van der Waals surface area contributed by atoms with Gasteiger partial charge in [-0.15, -0.1) is 0 Å². The average molecular weight is 441 g/mol. The molecular weight excluding hydrogens is 392 g/mol. The Labute approximate surface area is 197 Å². The van der Waals surface area contributed by atoms with Gasteiger partial charge in [0, 0.05) is 6.92 Å². The van der Waals surface area contributed by atoms with Crippen LogP contribution in [0.25, 0.3) is 0 Å². The second-order valence-corrected chi connectivity index (χ2v) is 13.6. The molecule has 0 saturated heterocycles. The van der Waals surface area contributed by atoms with Crippen LogP contribution in [0.1, 0.15) is 119 Å². The molecule has 5 aliphatic carbocycles. The lowest BCUT2D eigenvalue weighted by molar-refractivity contribution is -0.156. The van der Waals surface area contributed by atoms with E-state index in [1.807, 2.05) is 0 Å². The lowest BCUT2D eigenvalue weighted by Crippen LogP contribution is -2.55. The van der Waals surface area contributed by atoms with Crippen molar-refractivity contribution in [2.75, 3.05) is 0 Å². The number of allylic oxidation sites excluding steroid dienone is 2. The van der Waals surface area contributed by atoms with Crippen molar-refractivity contribution < 1.29 is 9.53 Å². The van der Waals surface area contributed by atoms with E-state index in [4.69, 9.17) is 4.74 Å². The van der Waals surface area contributed by atoms with E-state index in [0.29, 0.717) is 21.7 Å². The number of carbonyl (C=O) groups excluding carboxylic acids is 1. The number of ether oxygens (including phenoxy) is 1. The van der Waals surface area contributed by atoms with Crippen molar-refractivity contribution >= 4 is 5.97 Å². The summed E-state index contributed by atoms with van der Waals surface area (Å²) in [6.45, 7) is 14.1. The van der Waals surface area contributed by atoms with Crippen molar-refractivity contribution in [3.05, 3.63) is 11.6 Å². The van der Waals surface area contributed by atoms with E-state index in [1.165, 1.54) is 69.8 Å². The predicted octanol–water partition coefficient (Wildman–Crippen LogP) is 8.10. The van der Waals surface area contributed by atoms with Crippen LogP contribution in [-0.2, 0) is 9.53 Å². The number of esters is 1. The molecule has 5 rings (SSSR count). The van der Waals surface area contributed by atoms with Crippen LogP contribution in [0.15, 0.2) is 11.6 Å². The Balaban J connectivity index is 1.34. The zero-order chi connectivity index (χ0) is 22.9. The normalized spacial score (nSPS) is 49.7. The van der Waals surface area contributed by atoms with Gasteiger partial charge >= 0.3 is 5.97 Å². The molecule has 0 bridgehead atoms. The van der Waals surface area contributed by atoms with Crippen LogP contribution < -0.4 is 0 Å². The summed E-state index contributed by atoms with van der Waals surface area (Å²) >= 11 is 0. The third-order valence-electron chi connectivity index (χ3n) is 12.4. The maximum absolute atomic E-state index is 11.6. The Morgan fingerprint density at radius 1 is 0.969 bits per heavy atom. The molecule has 32 heavy (non-hydrogen) atoms. The molecule has 0 aromatic heterocycles. The largest absolute Gasteiger partial charge is 0.463 e. The molecule has 0 radical (unpaired) electrons. The van der Waals surface area contributed by atoms with E-state index in [1.54, 1.807) is 6.92 Å². The van der Waals surface area contributed by atoms with Crippen LogP contribution >= 0.6 is 0 Å². The maximum atomic E-state index is 11.6. The van der Waals surface area contributed by atoms with Crippen LogP contribution in [0.2, 0.25) is 0 Å². The third kappa shape index (κ3) is 3.06. The molecular formula is C30H48O2. The summed E-state index contributed by atoms with van der Waals surface area (Å²) in [5, 5.41) is 0. The van der Waals surface area contributed by atoms with Gasteiger partial charge in [-0.05, 0) is 136 Å². The van der Waals surface area contributed by atoms with Crippen LogP contribution in [0, 0.1) is 45.3 Å². The molecule has 5 aliphatic rings. The van der Waals surface area contributed by atoms with Gasteiger partial charge < -0.3 is 4.74 Å². The zero-order valence-electron chi connectivity index (χ0n) is 21.8. The fourth-order valence-electron chi connectivity index (χ4n) is 10.7. The minimum atomic E-state index is -0.0817. The summed E-state index contributed by atoms with van der Waals surface area (Å²) in [6.07, 6.45) is 19.0. The summed E-state index contributed by atoms with van der Waals surface area (Å²) < 4.78 is 5.69. The summed E-state index contributed by atoms with van der Waals surface area (Å²) in [5.74, 6) is 3.41. The highest BCUT2D eigenvalue weighted by atomic mass is 16.5. The fourth-order valence-corrected chi connectivity index (χ4v) is 10.7. The monoisotopic (exact) mass is 440 g/mol. The van der Waals surface area contributed by atoms with Crippen molar-refractivity contribution in [3.63, 3.8) is 0 Å². The smallest absolute Gasteiger partial charge is 0.302 e. The summed E-state index contributed by atoms with van der Waals surface area (Å²) in [7, 11) is 0. The molecule has 0 amide bonds. The molecule has 9 atom stereocenters. The first-order valence-corrected chi connectivity index (χ1v) is 13.9. The number of hydrogen-bond donors (Lipinski definition) is 0. The minimum Gasteiger partial charge on any atom is -0.463 e. The number of hydrogen-bond acceptors (Lipinski definition) is 2. The van der Waals surface area contributed by atoms with Crippen LogP contribution in [0.3, 0.4) is 0 Å². The van der Waals surface area contributed by atoms with Crippen molar-refractivity contribution in [3.8, 4) is 0 Å². The lowest BCUT2D eigenvalue weighted by Gasteiger charge is -2.61. The first-order chi connectivity index (χ1) is 15.1. The van der Waals surface area contributed by atoms with Gasteiger partial charge in [0.25, 0.3) is 0 Å². The van der Waals surface area contributed by atoms with E-state index < -0.39 is 0 Å². The topological polar surface area (TPSA) is 26.3 Å². The molecule has 5 fully saturated rings. The highest BCUT2D eigenvalue weighted by molar-refractivity contribution is 5.66. The lowest BCUT2D eigenvalue weighted by atomic mass is 9.43. The van der Waals surface area contributed by atoms with Gasteiger partial charge in [-0.3, -0.25) is 4.79 Å². The van der Waals surface area contributed by atoms with Crippen molar-refractivity contribution in [1.82, 2.24) is 0 Å². The molecule has 180 valence electrons. The molecule has 0 heterocycles.